The topological polar surface area (TPSA) is 82.1 Å². The van der Waals surface area contributed by atoms with Crippen molar-refractivity contribution < 1.29 is 19.4 Å². The van der Waals surface area contributed by atoms with Gasteiger partial charge in [-0.15, -0.1) is 0 Å². The highest BCUT2D eigenvalue weighted by atomic mass is 35.5. The minimum absolute atomic E-state index is 0.134. The molecule has 0 fully saturated rings. The predicted molar refractivity (Wildman–Crippen MR) is 116 cm³/mol. The van der Waals surface area contributed by atoms with Crippen molar-refractivity contribution in [1.29, 1.82) is 0 Å². The quantitative estimate of drug-likeness (QED) is 0.761. The van der Waals surface area contributed by atoms with Crippen LogP contribution >= 0.6 is 11.6 Å². The molecule has 30 heavy (non-hydrogen) atoms. The van der Waals surface area contributed by atoms with Crippen LogP contribution in [0, 0.1) is 0 Å². The summed E-state index contributed by atoms with van der Waals surface area (Å²) in [5.74, 6) is 0.371. The second kappa shape index (κ2) is 9.82. The fraction of sp³-hybridized carbons (Fsp3) is 0.364. The summed E-state index contributed by atoms with van der Waals surface area (Å²) in [6, 6.07) is 12.0. The Balaban J connectivity index is 1.93. The van der Waals surface area contributed by atoms with Crippen molar-refractivity contribution in [2.75, 3.05) is 31.2 Å². The molecule has 0 spiro atoms. The predicted octanol–water partition coefficient (Wildman–Crippen LogP) is 3.29. The molecule has 1 heterocycles. The lowest BCUT2D eigenvalue weighted by atomic mass is 10.1. The molecule has 2 N–H and O–H groups in total. The number of benzene rings is 2. The molecule has 2 aromatic rings. The highest BCUT2D eigenvalue weighted by Gasteiger charge is 2.32. The van der Waals surface area contributed by atoms with E-state index in [0.29, 0.717) is 36.0 Å². The first kappa shape index (κ1) is 21.9. The number of nitrogens with zero attached hydrogens (tertiary/aromatic N) is 2. The van der Waals surface area contributed by atoms with Crippen LogP contribution in [0.4, 0.5) is 10.5 Å². The summed E-state index contributed by atoms with van der Waals surface area (Å²) < 4.78 is 5.45. The fourth-order valence-electron chi connectivity index (χ4n) is 3.51. The lowest BCUT2D eigenvalue weighted by molar-refractivity contribution is 0.0980. The Morgan fingerprint density at radius 2 is 2.03 bits per heavy atom. The molecule has 1 aliphatic heterocycles. The Labute approximate surface area is 181 Å². The summed E-state index contributed by atoms with van der Waals surface area (Å²) in [4.78, 5) is 29.4. The van der Waals surface area contributed by atoms with Crippen LogP contribution in [-0.4, -0.2) is 54.3 Å². The summed E-state index contributed by atoms with van der Waals surface area (Å²) in [5.41, 5.74) is 1.98. The number of hydrogen-bond donors (Lipinski definition) is 2. The molecule has 3 amide bonds. The third-order valence-corrected chi connectivity index (χ3v) is 5.29. The van der Waals surface area contributed by atoms with Gasteiger partial charge in [0.15, 0.2) is 0 Å². The number of carbonyl (C=O) groups is 2. The smallest absolute Gasteiger partial charge is 0.318 e. The average Bonchev–Trinajstić information content (AvgIpc) is 2.88. The minimum atomic E-state index is -0.278. The monoisotopic (exact) mass is 431 g/mol. The van der Waals surface area contributed by atoms with Crippen LogP contribution in [0.25, 0.3) is 0 Å². The van der Waals surface area contributed by atoms with E-state index in [-0.39, 0.29) is 31.1 Å². The zero-order valence-electron chi connectivity index (χ0n) is 17.1. The van der Waals surface area contributed by atoms with Crippen molar-refractivity contribution >= 4 is 29.2 Å². The van der Waals surface area contributed by atoms with Gasteiger partial charge in [-0.05, 0) is 43.7 Å². The van der Waals surface area contributed by atoms with Gasteiger partial charge in [0.05, 0.1) is 23.8 Å². The fourth-order valence-corrected chi connectivity index (χ4v) is 3.76. The molecule has 0 unspecified atom stereocenters. The number of ether oxygens (including phenoxy) is 1. The zero-order chi connectivity index (χ0) is 21.7. The lowest BCUT2D eigenvalue weighted by Crippen LogP contribution is -2.48. The number of fused-ring (bicyclic) bond motifs is 1. The third kappa shape index (κ3) is 4.68. The molecule has 0 saturated heterocycles. The number of nitrogens with one attached hydrogen (secondary N) is 1. The summed E-state index contributed by atoms with van der Waals surface area (Å²) >= 11 is 6.39. The SMILES string of the molecule is CCOc1ccc(C(=O)N2C[C@@H](C)N(C(=O)NCCO)Cc3ccccc32)c(Cl)c1. The standard InChI is InChI=1S/C22H26ClN3O4/c1-3-30-17-8-9-18(19(23)12-17)21(28)26-13-15(2)25(22(29)24-10-11-27)14-16-6-4-5-7-20(16)26/h4-9,12,15,27H,3,10-11,13-14H2,1-2H3,(H,24,29)/t15-/m1/s1. The van der Waals surface area contributed by atoms with Crippen LogP contribution in [0.3, 0.4) is 0 Å². The third-order valence-electron chi connectivity index (χ3n) is 4.98. The van der Waals surface area contributed by atoms with E-state index < -0.39 is 0 Å². The first-order valence-electron chi connectivity index (χ1n) is 9.93. The van der Waals surface area contributed by atoms with E-state index >= 15 is 0 Å². The highest BCUT2D eigenvalue weighted by molar-refractivity contribution is 6.34. The summed E-state index contributed by atoms with van der Waals surface area (Å²) in [5, 5.41) is 12.0. The van der Waals surface area contributed by atoms with E-state index in [1.807, 2.05) is 38.1 Å². The largest absolute Gasteiger partial charge is 0.494 e. The molecule has 2 aromatic carbocycles. The van der Waals surface area contributed by atoms with E-state index in [0.717, 1.165) is 11.3 Å². The van der Waals surface area contributed by atoms with Crippen molar-refractivity contribution in [3.05, 3.63) is 58.6 Å². The van der Waals surface area contributed by atoms with E-state index in [4.69, 9.17) is 21.4 Å². The molecule has 3 rings (SSSR count). The van der Waals surface area contributed by atoms with Crippen LogP contribution in [-0.2, 0) is 6.54 Å². The van der Waals surface area contributed by atoms with Crippen LogP contribution < -0.4 is 15.0 Å². The van der Waals surface area contributed by atoms with Gasteiger partial charge in [0.2, 0.25) is 0 Å². The van der Waals surface area contributed by atoms with Gasteiger partial charge < -0.3 is 25.0 Å². The van der Waals surface area contributed by atoms with Crippen LogP contribution in [0.15, 0.2) is 42.5 Å². The Kier molecular flexibility index (Phi) is 7.18. The normalized spacial score (nSPS) is 15.9. The number of urea groups is 1. The van der Waals surface area contributed by atoms with Crippen molar-refractivity contribution in [2.45, 2.75) is 26.4 Å². The van der Waals surface area contributed by atoms with E-state index in [1.165, 1.54) is 0 Å². The first-order valence-corrected chi connectivity index (χ1v) is 10.3. The van der Waals surface area contributed by atoms with Crippen molar-refractivity contribution in [2.24, 2.45) is 0 Å². The molecule has 0 aliphatic carbocycles. The molecule has 0 aromatic heterocycles. The van der Waals surface area contributed by atoms with E-state index in [9.17, 15) is 9.59 Å². The molecule has 1 atom stereocenters. The molecule has 0 radical (unpaired) electrons. The maximum absolute atomic E-state index is 13.4. The Bertz CT molecular complexity index is 921. The van der Waals surface area contributed by atoms with Crippen LogP contribution in [0.1, 0.15) is 29.8 Å². The molecule has 0 saturated carbocycles. The number of aliphatic hydroxyl groups is 1. The van der Waals surface area contributed by atoms with Crippen LogP contribution in [0.2, 0.25) is 5.02 Å². The molecule has 8 heteroatoms. The highest BCUT2D eigenvalue weighted by Crippen LogP contribution is 2.31. The average molecular weight is 432 g/mol. The number of hydrogen-bond acceptors (Lipinski definition) is 4. The minimum Gasteiger partial charge on any atom is -0.494 e. The Morgan fingerprint density at radius 3 is 2.73 bits per heavy atom. The van der Waals surface area contributed by atoms with Crippen molar-refractivity contribution in [3.8, 4) is 5.75 Å². The number of anilines is 1. The summed E-state index contributed by atoms with van der Waals surface area (Å²) in [6.07, 6.45) is 0. The Morgan fingerprint density at radius 1 is 1.27 bits per heavy atom. The maximum Gasteiger partial charge on any atom is 0.318 e. The van der Waals surface area contributed by atoms with Gasteiger partial charge in [-0.2, -0.15) is 0 Å². The number of rotatable bonds is 5. The maximum atomic E-state index is 13.4. The van der Waals surface area contributed by atoms with Crippen LogP contribution in [0.5, 0.6) is 5.75 Å². The van der Waals surface area contributed by atoms with Gasteiger partial charge in [-0.1, -0.05) is 29.8 Å². The molecule has 1 aliphatic rings. The van der Waals surface area contributed by atoms with Crippen molar-refractivity contribution in [1.82, 2.24) is 10.2 Å². The second-order valence-electron chi connectivity index (χ2n) is 7.05. The van der Waals surface area contributed by atoms with Gasteiger partial charge in [-0.3, -0.25) is 4.79 Å². The molecular weight excluding hydrogens is 406 g/mol. The molecule has 7 nitrogen and oxygen atoms in total. The van der Waals surface area contributed by atoms with Gasteiger partial charge in [0.1, 0.15) is 5.75 Å². The Hall–Kier alpha value is -2.77. The molecule has 160 valence electrons. The summed E-state index contributed by atoms with van der Waals surface area (Å²) in [7, 11) is 0. The van der Waals surface area contributed by atoms with Gasteiger partial charge in [-0.25, -0.2) is 4.79 Å². The van der Waals surface area contributed by atoms with Gasteiger partial charge >= 0.3 is 6.03 Å². The second-order valence-corrected chi connectivity index (χ2v) is 7.46. The summed E-state index contributed by atoms with van der Waals surface area (Å²) in [6.45, 7) is 4.99. The van der Waals surface area contributed by atoms with E-state index in [1.54, 1.807) is 28.0 Å². The lowest BCUT2D eigenvalue weighted by Gasteiger charge is -2.29. The van der Waals surface area contributed by atoms with Gasteiger partial charge in [0, 0.05) is 31.4 Å². The number of aliphatic hydroxyl groups excluding tert-OH is 1. The van der Waals surface area contributed by atoms with Gasteiger partial charge in [0.25, 0.3) is 5.91 Å². The number of amides is 3. The molecular formula is C22H26ClN3O4. The number of carbonyl (C=O) groups excluding carboxylic acids is 2. The first-order chi connectivity index (χ1) is 14.5. The van der Waals surface area contributed by atoms with E-state index in [2.05, 4.69) is 5.32 Å². The number of halogens is 1. The number of para-hydroxylation sites is 1. The molecule has 0 bridgehead atoms. The zero-order valence-corrected chi connectivity index (χ0v) is 17.9. The van der Waals surface area contributed by atoms with Crippen molar-refractivity contribution in [3.63, 3.8) is 0 Å².